The molecule has 0 bridgehead atoms. The molecule has 3 rings (SSSR count). The van der Waals surface area contributed by atoms with E-state index in [1.807, 2.05) is 12.1 Å². The SMILES string of the molecule is COc1ccccc1N1C[C@@H](C(=O)Nc2ccc(F)cc2C)CC1=O. The summed E-state index contributed by atoms with van der Waals surface area (Å²) in [6.45, 7) is 2.00. The van der Waals surface area contributed by atoms with E-state index in [9.17, 15) is 14.0 Å². The Morgan fingerprint density at radius 2 is 2.04 bits per heavy atom. The summed E-state index contributed by atoms with van der Waals surface area (Å²) >= 11 is 0. The van der Waals surface area contributed by atoms with Gasteiger partial charge < -0.3 is 15.0 Å². The minimum atomic E-state index is -0.470. The molecule has 1 heterocycles. The molecule has 0 radical (unpaired) electrons. The number of ether oxygens (including phenoxy) is 1. The second-order valence-corrected chi connectivity index (χ2v) is 6.03. The maximum atomic E-state index is 13.2. The van der Waals surface area contributed by atoms with Crippen molar-refractivity contribution in [2.75, 3.05) is 23.9 Å². The third kappa shape index (κ3) is 3.47. The second kappa shape index (κ2) is 6.93. The molecule has 1 aliphatic heterocycles. The summed E-state index contributed by atoms with van der Waals surface area (Å²) < 4.78 is 18.5. The molecule has 0 aliphatic carbocycles. The summed E-state index contributed by atoms with van der Waals surface area (Å²) in [6, 6.07) is 11.4. The highest BCUT2D eigenvalue weighted by atomic mass is 19.1. The Morgan fingerprint density at radius 3 is 2.76 bits per heavy atom. The Kier molecular flexibility index (Phi) is 4.70. The highest BCUT2D eigenvalue weighted by molar-refractivity contribution is 6.04. The summed E-state index contributed by atoms with van der Waals surface area (Å²) in [6.07, 6.45) is 0.129. The van der Waals surface area contributed by atoms with Crippen molar-refractivity contribution in [2.45, 2.75) is 13.3 Å². The molecule has 1 atom stereocenters. The molecule has 0 aromatic heterocycles. The lowest BCUT2D eigenvalue weighted by atomic mass is 10.1. The first-order chi connectivity index (χ1) is 12.0. The Labute approximate surface area is 145 Å². The zero-order chi connectivity index (χ0) is 18.0. The first kappa shape index (κ1) is 17.0. The van der Waals surface area contributed by atoms with Gasteiger partial charge in [0.05, 0.1) is 18.7 Å². The average Bonchev–Trinajstić information content (AvgIpc) is 2.99. The largest absolute Gasteiger partial charge is 0.495 e. The summed E-state index contributed by atoms with van der Waals surface area (Å²) in [5, 5.41) is 2.78. The third-order valence-corrected chi connectivity index (χ3v) is 4.32. The summed E-state index contributed by atoms with van der Waals surface area (Å²) in [5.41, 5.74) is 1.84. The number of nitrogens with zero attached hydrogens (tertiary/aromatic N) is 1. The minimum Gasteiger partial charge on any atom is -0.495 e. The van der Waals surface area contributed by atoms with E-state index in [-0.39, 0.29) is 30.6 Å². The van der Waals surface area contributed by atoms with Crippen LogP contribution in [0.15, 0.2) is 42.5 Å². The Hall–Kier alpha value is -2.89. The van der Waals surface area contributed by atoms with Gasteiger partial charge in [-0.15, -0.1) is 0 Å². The molecule has 2 aromatic rings. The maximum Gasteiger partial charge on any atom is 0.229 e. The van der Waals surface area contributed by atoms with E-state index < -0.39 is 5.92 Å². The van der Waals surface area contributed by atoms with E-state index in [1.165, 1.54) is 18.2 Å². The van der Waals surface area contributed by atoms with Gasteiger partial charge in [0.15, 0.2) is 0 Å². The molecule has 0 unspecified atom stereocenters. The number of halogens is 1. The molecule has 1 aliphatic rings. The van der Waals surface area contributed by atoms with Crippen LogP contribution in [-0.2, 0) is 9.59 Å². The van der Waals surface area contributed by atoms with E-state index in [4.69, 9.17) is 4.74 Å². The number of aryl methyl sites for hydroxylation is 1. The fourth-order valence-corrected chi connectivity index (χ4v) is 2.97. The monoisotopic (exact) mass is 342 g/mol. The Bertz CT molecular complexity index is 822. The number of carbonyl (C=O) groups excluding carboxylic acids is 2. The zero-order valence-corrected chi connectivity index (χ0v) is 14.1. The minimum absolute atomic E-state index is 0.125. The van der Waals surface area contributed by atoms with Crippen molar-refractivity contribution in [1.29, 1.82) is 0 Å². The smallest absolute Gasteiger partial charge is 0.229 e. The first-order valence-electron chi connectivity index (χ1n) is 8.00. The van der Waals surface area contributed by atoms with Crippen LogP contribution in [0.25, 0.3) is 0 Å². The normalized spacial score (nSPS) is 16.8. The van der Waals surface area contributed by atoms with Crippen LogP contribution in [0.1, 0.15) is 12.0 Å². The highest BCUT2D eigenvalue weighted by Gasteiger charge is 2.36. The molecule has 0 saturated carbocycles. The van der Waals surface area contributed by atoms with Crippen molar-refractivity contribution in [2.24, 2.45) is 5.92 Å². The Morgan fingerprint density at radius 1 is 1.28 bits per heavy atom. The number of amides is 2. The fraction of sp³-hybridized carbons (Fsp3) is 0.263. The number of anilines is 2. The van der Waals surface area contributed by atoms with Crippen LogP contribution >= 0.6 is 0 Å². The number of methoxy groups -OCH3 is 1. The van der Waals surface area contributed by atoms with Crippen molar-refractivity contribution in [3.8, 4) is 5.75 Å². The van der Waals surface area contributed by atoms with Gasteiger partial charge in [-0.2, -0.15) is 0 Å². The number of benzene rings is 2. The molecule has 1 N–H and O–H groups in total. The zero-order valence-electron chi connectivity index (χ0n) is 14.1. The van der Waals surface area contributed by atoms with Crippen LogP contribution in [0.4, 0.5) is 15.8 Å². The number of hydrogen-bond acceptors (Lipinski definition) is 3. The summed E-state index contributed by atoms with van der Waals surface area (Å²) in [5.74, 6) is -0.608. The van der Waals surface area contributed by atoms with Crippen LogP contribution in [-0.4, -0.2) is 25.5 Å². The van der Waals surface area contributed by atoms with E-state index in [0.29, 0.717) is 22.7 Å². The summed E-state index contributed by atoms with van der Waals surface area (Å²) in [7, 11) is 1.54. The molecule has 2 aromatic carbocycles. The standard InChI is InChI=1S/C19H19FN2O3/c1-12-9-14(20)7-8-15(12)21-19(24)13-10-18(23)22(11-13)16-5-3-4-6-17(16)25-2/h3-9,13H,10-11H2,1-2H3,(H,21,24)/t13-/m0/s1. The number of hydrogen-bond donors (Lipinski definition) is 1. The predicted octanol–water partition coefficient (Wildman–Crippen LogP) is 3.13. The topological polar surface area (TPSA) is 58.6 Å². The maximum absolute atomic E-state index is 13.2. The third-order valence-electron chi connectivity index (χ3n) is 4.32. The number of nitrogens with one attached hydrogen (secondary N) is 1. The molecule has 1 fully saturated rings. The van der Waals surface area contributed by atoms with Crippen molar-refractivity contribution < 1.29 is 18.7 Å². The second-order valence-electron chi connectivity index (χ2n) is 6.03. The number of rotatable bonds is 4. The van der Waals surface area contributed by atoms with E-state index in [2.05, 4.69) is 5.32 Å². The molecule has 0 spiro atoms. The lowest BCUT2D eigenvalue weighted by Crippen LogP contribution is -2.28. The molecular formula is C19H19FN2O3. The van der Waals surface area contributed by atoms with Gasteiger partial charge in [0, 0.05) is 18.7 Å². The quantitative estimate of drug-likeness (QED) is 0.929. The molecule has 2 amide bonds. The molecule has 1 saturated heterocycles. The van der Waals surface area contributed by atoms with E-state index in [1.54, 1.807) is 31.1 Å². The number of carbonyl (C=O) groups is 2. The lowest BCUT2D eigenvalue weighted by molar-refractivity contribution is -0.122. The van der Waals surface area contributed by atoms with Crippen molar-refractivity contribution in [3.05, 3.63) is 53.8 Å². The van der Waals surface area contributed by atoms with Crippen LogP contribution in [0.3, 0.4) is 0 Å². The fourth-order valence-electron chi connectivity index (χ4n) is 2.97. The van der Waals surface area contributed by atoms with Crippen molar-refractivity contribution >= 4 is 23.2 Å². The predicted molar refractivity (Wildman–Crippen MR) is 93.2 cm³/mol. The van der Waals surface area contributed by atoms with E-state index >= 15 is 0 Å². The lowest BCUT2D eigenvalue weighted by Gasteiger charge is -2.19. The Balaban J connectivity index is 1.74. The van der Waals surface area contributed by atoms with Crippen LogP contribution < -0.4 is 15.0 Å². The van der Waals surface area contributed by atoms with Gasteiger partial charge in [-0.3, -0.25) is 9.59 Å². The van der Waals surface area contributed by atoms with Gasteiger partial charge in [-0.05, 0) is 42.8 Å². The van der Waals surface area contributed by atoms with E-state index in [0.717, 1.165) is 0 Å². The van der Waals surface area contributed by atoms with Gasteiger partial charge in [-0.25, -0.2) is 4.39 Å². The molecule has 25 heavy (non-hydrogen) atoms. The van der Waals surface area contributed by atoms with Gasteiger partial charge in [0.25, 0.3) is 0 Å². The van der Waals surface area contributed by atoms with Crippen LogP contribution in [0.5, 0.6) is 5.75 Å². The van der Waals surface area contributed by atoms with Crippen LogP contribution in [0, 0.1) is 18.7 Å². The molecule has 130 valence electrons. The molecule has 5 nitrogen and oxygen atoms in total. The molecular weight excluding hydrogens is 323 g/mol. The number of para-hydroxylation sites is 2. The highest BCUT2D eigenvalue weighted by Crippen LogP contribution is 2.33. The molecule has 6 heteroatoms. The van der Waals surface area contributed by atoms with Crippen molar-refractivity contribution in [3.63, 3.8) is 0 Å². The van der Waals surface area contributed by atoms with Gasteiger partial charge in [-0.1, -0.05) is 12.1 Å². The average molecular weight is 342 g/mol. The first-order valence-corrected chi connectivity index (χ1v) is 8.00. The van der Waals surface area contributed by atoms with Gasteiger partial charge in [0.1, 0.15) is 11.6 Å². The van der Waals surface area contributed by atoms with Gasteiger partial charge >= 0.3 is 0 Å². The van der Waals surface area contributed by atoms with Crippen molar-refractivity contribution in [1.82, 2.24) is 0 Å². The summed E-state index contributed by atoms with van der Waals surface area (Å²) in [4.78, 5) is 26.4. The van der Waals surface area contributed by atoms with Crippen LogP contribution in [0.2, 0.25) is 0 Å². The van der Waals surface area contributed by atoms with Gasteiger partial charge in [0.2, 0.25) is 11.8 Å².